The highest BCUT2D eigenvalue weighted by Crippen LogP contribution is 2.46. The first-order chi connectivity index (χ1) is 17.6. The summed E-state index contributed by atoms with van der Waals surface area (Å²) in [6, 6.07) is 29.8. The zero-order valence-corrected chi connectivity index (χ0v) is 19.1. The van der Waals surface area contributed by atoms with E-state index < -0.39 is 41.1 Å². The Kier molecular flexibility index (Phi) is 5.64. The zero-order valence-electron chi connectivity index (χ0n) is 19.1. The number of rotatable bonds is 7. The van der Waals surface area contributed by atoms with E-state index in [4.69, 9.17) is 14.2 Å². The molecule has 0 bridgehead atoms. The Morgan fingerprint density at radius 2 is 1.33 bits per heavy atom. The number of epoxide rings is 1. The predicted molar refractivity (Wildman–Crippen MR) is 129 cm³/mol. The van der Waals surface area contributed by atoms with Crippen molar-refractivity contribution in [2.45, 2.75) is 30.1 Å². The van der Waals surface area contributed by atoms with Crippen LogP contribution in [-0.2, 0) is 19.8 Å². The number of fused-ring (bicyclic) bond motifs is 1. The number of nitrogens with zero attached hydrogens (tertiary/aromatic N) is 1. The molecule has 2 fully saturated rings. The number of halogens is 1. The van der Waals surface area contributed by atoms with Crippen LogP contribution in [0, 0.1) is 5.82 Å². The molecule has 2 saturated heterocycles. The van der Waals surface area contributed by atoms with E-state index >= 15 is 0 Å². The van der Waals surface area contributed by atoms with Crippen LogP contribution >= 0.6 is 0 Å². The van der Waals surface area contributed by atoms with Crippen LogP contribution in [0.1, 0.15) is 22.9 Å². The Morgan fingerprint density at radius 1 is 0.806 bits per heavy atom. The van der Waals surface area contributed by atoms with E-state index in [0.717, 1.165) is 27.5 Å². The topological polar surface area (TPSA) is 85.9 Å². The van der Waals surface area contributed by atoms with Crippen LogP contribution in [-0.4, -0.2) is 34.5 Å². The molecule has 0 amide bonds. The van der Waals surface area contributed by atoms with Gasteiger partial charge in [0.1, 0.15) is 23.9 Å². The molecule has 0 saturated carbocycles. The second-order valence-electron chi connectivity index (χ2n) is 8.86. The summed E-state index contributed by atoms with van der Waals surface area (Å²) in [5.74, 6) is -1.06. The van der Waals surface area contributed by atoms with Crippen molar-refractivity contribution in [2.75, 3.05) is 6.61 Å². The van der Waals surface area contributed by atoms with Crippen molar-refractivity contribution in [3.8, 4) is 0 Å². The summed E-state index contributed by atoms with van der Waals surface area (Å²) in [5.41, 5.74) is 0.0869. The molecule has 0 spiro atoms. The molecule has 0 aliphatic carbocycles. The molecule has 2 aliphatic heterocycles. The maximum Gasteiger partial charge on any atom is 0.330 e. The molecule has 3 aromatic carbocycles. The van der Waals surface area contributed by atoms with Gasteiger partial charge >= 0.3 is 5.69 Å². The van der Waals surface area contributed by atoms with Crippen LogP contribution in [0.2, 0.25) is 0 Å². The summed E-state index contributed by atoms with van der Waals surface area (Å²) in [5, 5.41) is 0. The average Bonchev–Trinajstić information content (AvgIpc) is 3.64. The van der Waals surface area contributed by atoms with Gasteiger partial charge in [-0.2, -0.15) is 4.39 Å². The quantitative estimate of drug-likeness (QED) is 0.320. The Bertz CT molecular complexity index is 1380. The molecule has 6 rings (SSSR count). The van der Waals surface area contributed by atoms with E-state index in [-0.39, 0.29) is 12.7 Å². The molecule has 0 radical (unpaired) electrons. The Morgan fingerprint density at radius 3 is 1.86 bits per heavy atom. The second-order valence-corrected chi connectivity index (χ2v) is 8.86. The molecule has 2 aliphatic rings. The van der Waals surface area contributed by atoms with Crippen molar-refractivity contribution >= 4 is 0 Å². The maximum atomic E-state index is 13.9. The summed E-state index contributed by atoms with van der Waals surface area (Å²) >= 11 is 0. The first kappa shape index (κ1) is 22.6. The third-order valence-corrected chi connectivity index (χ3v) is 6.73. The minimum atomic E-state index is -1.07. The van der Waals surface area contributed by atoms with E-state index in [2.05, 4.69) is 0 Å². The molecular weight excluding hydrogens is 463 g/mol. The molecule has 3 heterocycles. The largest absolute Gasteiger partial charge is 0.362 e. The van der Waals surface area contributed by atoms with Gasteiger partial charge in [0.2, 0.25) is 5.82 Å². The molecule has 0 unspecified atom stereocenters. The number of aromatic amines is 1. The Balaban J connectivity index is 1.35. The van der Waals surface area contributed by atoms with Gasteiger partial charge in [0.25, 0.3) is 5.56 Å². The molecule has 7 nitrogen and oxygen atoms in total. The lowest BCUT2D eigenvalue weighted by atomic mass is 9.80. The molecule has 182 valence electrons. The minimum absolute atomic E-state index is 0.150. The second kappa shape index (κ2) is 8.98. The number of ether oxygens (including phenoxy) is 3. The monoisotopic (exact) mass is 486 g/mol. The summed E-state index contributed by atoms with van der Waals surface area (Å²) in [4.78, 5) is 25.7. The minimum Gasteiger partial charge on any atom is -0.362 e. The third-order valence-electron chi connectivity index (χ3n) is 6.73. The van der Waals surface area contributed by atoms with Crippen LogP contribution in [0.4, 0.5) is 4.39 Å². The van der Waals surface area contributed by atoms with Gasteiger partial charge in [0, 0.05) is 0 Å². The van der Waals surface area contributed by atoms with Gasteiger partial charge in [-0.25, -0.2) is 4.79 Å². The third kappa shape index (κ3) is 3.80. The SMILES string of the molecule is O=c1[nH]c(=O)n([C@@H]2O[C@H](COC(c3ccccc3)(c3ccccc3)c3ccccc3)[C@@H]3O[C@@H]32)cc1F. The van der Waals surface area contributed by atoms with Gasteiger partial charge in [-0.3, -0.25) is 14.3 Å². The van der Waals surface area contributed by atoms with Crippen LogP contribution in [0.25, 0.3) is 0 Å². The summed E-state index contributed by atoms with van der Waals surface area (Å²) in [6.07, 6.45) is -1.24. The van der Waals surface area contributed by atoms with Crippen molar-refractivity contribution in [1.29, 1.82) is 0 Å². The standard InChI is InChI=1S/C28H23FN2O5/c29-21-16-31(27(33)30-25(21)32)26-24-23(36-24)22(35-26)17-34-28(18-10-4-1-5-11-18,19-12-6-2-7-13-19)20-14-8-3-9-15-20/h1-16,22-24,26H,17H2,(H,30,32,33)/t22-,23+,24+,26-/m1/s1. The lowest BCUT2D eigenvalue weighted by Gasteiger charge is -2.37. The van der Waals surface area contributed by atoms with E-state index in [1.54, 1.807) is 0 Å². The van der Waals surface area contributed by atoms with Crippen molar-refractivity contribution < 1.29 is 18.6 Å². The van der Waals surface area contributed by atoms with E-state index in [1.165, 1.54) is 0 Å². The van der Waals surface area contributed by atoms with Crippen molar-refractivity contribution in [3.63, 3.8) is 0 Å². The van der Waals surface area contributed by atoms with Crippen molar-refractivity contribution in [3.05, 3.63) is 141 Å². The van der Waals surface area contributed by atoms with E-state index in [1.807, 2.05) is 96.0 Å². The number of hydrogen-bond donors (Lipinski definition) is 1. The molecule has 4 aromatic rings. The van der Waals surface area contributed by atoms with Gasteiger partial charge in [-0.1, -0.05) is 91.0 Å². The number of aromatic nitrogens is 2. The van der Waals surface area contributed by atoms with Gasteiger partial charge in [-0.05, 0) is 16.7 Å². The molecular formula is C28H23FN2O5. The molecule has 1 N–H and O–H groups in total. The molecule has 8 heteroatoms. The molecule has 36 heavy (non-hydrogen) atoms. The lowest BCUT2D eigenvalue weighted by molar-refractivity contribution is -0.117. The fourth-order valence-corrected chi connectivity index (χ4v) is 4.98. The fourth-order valence-electron chi connectivity index (χ4n) is 4.98. The molecule has 1 aromatic heterocycles. The van der Waals surface area contributed by atoms with E-state index in [0.29, 0.717) is 0 Å². The van der Waals surface area contributed by atoms with Crippen LogP contribution < -0.4 is 11.2 Å². The van der Waals surface area contributed by atoms with Gasteiger partial charge in [-0.15, -0.1) is 0 Å². The summed E-state index contributed by atoms with van der Waals surface area (Å²) < 4.78 is 33.6. The lowest BCUT2D eigenvalue weighted by Crippen LogP contribution is -2.38. The Hall–Kier alpha value is -3.85. The van der Waals surface area contributed by atoms with Crippen molar-refractivity contribution in [1.82, 2.24) is 9.55 Å². The van der Waals surface area contributed by atoms with Crippen molar-refractivity contribution in [2.24, 2.45) is 0 Å². The normalized spacial score (nSPS) is 22.8. The number of benzene rings is 3. The number of hydrogen-bond acceptors (Lipinski definition) is 5. The molecule has 4 atom stereocenters. The highest BCUT2D eigenvalue weighted by molar-refractivity contribution is 5.47. The van der Waals surface area contributed by atoms with Gasteiger partial charge in [0.05, 0.1) is 12.8 Å². The van der Waals surface area contributed by atoms with Crippen LogP contribution in [0.3, 0.4) is 0 Å². The Labute approximate surface area is 205 Å². The van der Waals surface area contributed by atoms with E-state index in [9.17, 15) is 14.0 Å². The maximum absolute atomic E-state index is 13.9. The first-order valence-corrected chi connectivity index (χ1v) is 11.7. The van der Waals surface area contributed by atoms with Gasteiger partial charge in [0.15, 0.2) is 6.23 Å². The fraction of sp³-hybridized carbons (Fsp3) is 0.214. The number of H-pyrrole nitrogens is 1. The first-order valence-electron chi connectivity index (χ1n) is 11.7. The zero-order chi connectivity index (χ0) is 24.7. The summed E-state index contributed by atoms with van der Waals surface area (Å²) in [6.45, 7) is 0.150. The van der Waals surface area contributed by atoms with Gasteiger partial charge < -0.3 is 14.2 Å². The highest BCUT2D eigenvalue weighted by Gasteiger charge is 2.59. The smallest absolute Gasteiger partial charge is 0.330 e. The average molecular weight is 486 g/mol. The highest BCUT2D eigenvalue weighted by atomic mass is 19.1. The number of nitrogens with one attached hydrogen (secondary N) is 1. The predicted octanol–water partition coefficient (Wildman–Crippen LogP) is 3.35. The summed E-state index contributed by atoms with van der Waals surface area (Å²) in [7, 11) is 0. The van der Waals surface area contributed by atoms with Crippen LogP contribution in [0.5, 0.6) is 0 Å². The van der Waals surface area contributed by atoms with Crippen LogP contribution in [0.15, 0.2) is 107 Å².